The van der Waals surface area contributed by atoms with Crippen LogP contribution in [0.4, 0.5) is 0 Å². The molecule has 0 aromatic carbocycles. The van der Waals surface area contributed by atoms with Gasteiger partial charge in [-0.05, 0) is 49.7 Å². The molecular weight excluding hydrogens is 612 g/mol. The van der Waals surface area contributed by atoms with Crippen molar-refractivity contribution in [3.8, 4) is 0 Å². The van der Waals surface area contributed by atoms with Crippen molar-refractivity contribution in [3.05, 3.63) is 24.2 Å². The number of hydrogen-bond acceptors (Lipinski definition) is 12. The van der Waals surface area contributed by atoms with Gasteiger partial charge in [0.1, 0.15) is 17.5 Å². The van der Waals surface area contributed by atoms with E-state index in [1.54, 1.807) is 26.4 Å². The molecule has 1 aromatic heterocycles. The van der Waals surface area contributed by atoms with Crippen LogP contribution in [0, 0.1) is 39.4 Å². The lowest BCUT2D eigenvalue weighted by atomic mass is 9.33. The van der Waals surface area contributed by atoms with Gasteiger partial charge in [0, 0.05) is 42.4 Å². The number of carbonyl (C=O) groups is 4. The lowest BCUT2D eigenvalue weighted by molar-refractivity contribution is -0.389. The Bertz CT molecular complexity index is 1490. The molecule has 0 amide bonds. The molecule has 47 heavy (non-hydrogen) atoms. The molecule has 3 heterocycles. The Morgan fingerprint density at radius 3 is 2.38 bits per heavy atom. The highest BCUT2D eigenvalue weighted by molar-refractivity contribution is 5.87. The van der Waals surface area contributed by atoms with Crippen LogP contribution in [0.25, 0.3) is 0 Å². The SMILES string of the molecule is CC[C@@H](C)C(=O)O[C@H]1OC[C@@]23C4C(=O)C[C@@]5(C)[C@H](c6ccoc6)C[C@H]6O[C@]65[C@]4(C)[C@H](O)C[C@H]2[C@]1(C)[C@H](OC(C)=O)[C@H](OC(C)=O)[C@@H]3O. The maximum absolute atomic E-state index is 14.9. The summed E-state index contributed by atoms with van der Waals surface area (Å²) in [6, 6.07) is 1.91. The summed E-state index contributed by atoms with van der Waals surface area (Å²) in [7, 11) is 0. The molecule has 15 atom stereocenters. The minimum atomic E-state index is -1.54. The molecule has 4 saturated carbocycles. The second-order valence-corrected chi connectivity index (χ2v) is 15.7. The fourth-order valence-electron chi connectivity index (χ4n) is 11.6. The standard InChI is InChI=1S/C35H46O12/c1-8-16(2)29(41)46-30-32(6)22-12-23(39)33(7)26(34(22,15-43-30)27(40)25(44-17(3)36)28(32)45-18(4)37)21(38)13-31(5)20(19-9-10-42-14-19)11-24-35(31,33)47-24/h9-10,14,16,20,22-28,30,39-40H,8,11-13,15H2,1-7H3/t16-,20+,22+,23-,24-,25-,26?,27+,28-,30-,31+,32-,33-,34+,35-/m1/s1. The molecule has 2 saturated heterocycles. The molecule has 2 N–H and O–H groups in total. The first-order chi connectivity index (χ1) is 22.0. The Kier molecular flexibility index (Phi) is 7.21. The smallest absolute Gasteiger partial charge is 0.310 e. The Morgan fingerprint density at radius 1 is 1.06 bits per heavy atom. The first kappa shape index (κ1) is 32.7. The molecule has 2 aliphatic heterocycles. The predicted molar refractivity (Wildman–Crippen MR) is 160 cm³/mol. The lowest BCUT2D eigenvalue weighted by Crippen LogP contribution is -2.83. The number of rotatable bonds is 6. The number of hydrogen-bond donors (Lipinski definition) is 2. The van der Waals surface area contributed by atoms with Crippen LogP contribution < -0.4 is 0 Å². The minimum absolute atomic E-state index is 0.0558. The molecule has 2 bridgehead atoms. The van der Waals surface area contributed by atoms with Gasteiger partial charge in [-0.1, -0.05) is 27.7 Å². The first-order valence-electron chi connectivity index (χ1n) is 16.8. The van der Waals surface area contributed by atoms with E-state index in [-0.39, 0.29) is 37.3 Å². The highest BCUT2D eigenvalue weighted by Gasteiger charge is 2.90. The predicted octanol–water partition coefficient (Wildman–Crippen LogP) is 3.06. The summed E-state index contributed by atoms with van der Waals surface area (Å²) >= 11 is 0. The van der Waals surface area contributed by atoms with Gasteiger partial charge in [-0.2, -0.15) is 0 Å². The number of ether oxygens (including phenoxy) is 5. The second-order valence-electron chi connectivity index (χ2n) is 15.7. The van der Waals surface area contributed by atoms with E-state index in [1.165, 1.54) is 13.8 Å². The molecule has 1 spiro atoms. The number of aliphatic hydroxyl groups excluding tert-OH is 2. The van der Waals surface area contributed by atoms with Crippen LogP contribution in [-0.2, 0) is 42.9 Å². The van der Waals surface area contributed by atoms with Crippen LogP contribution in [0.2, 0.25) is 0 Å². The van der Waals surface area contributed by atoms with E-state index in [0.717, 1.165) is 5.56 Å². The number of carbonyl (C=O) groups excluding carboxylic acids is 4. The van der Waals surface area contributed by atoms with Crippen LogP contribution in [0.15, 0.2) is 23.0 Å². The topological polar surface area (TPSA) is 171 Å². The van der Waals surface area contributed by atoms with Gasteiger partial charge in [-0.25, -0.2) is 0 Å². The maximum atomic E-state index is 14.9. The van der Waals surface area contributed by atoms with Crippen LogP contribution in [0.5, 0.6) is 0 Å². The fourth-order valence-corrected chi connectivity index (χ4v) is 11.6. The molecule has 12 heteroatoms. The van der Waals surface area contributed by atoms with Gasteiger partial charge in [-0.3, -0.25) is 19.2 Å². The minimum Gasteiger partial charge on any atom is -0.472 e. The van der Waals surface area contributed by atoms with Crippen LogP contribution in [0.1, 0.15) is 85.6 Å². The van der Waals surface area contributed by atoms with E-state index in [1.807, 2.05) is 19.9 Å². The summed E-state index contributed by atoms with van der Waals surface area (Å²) in [5.41, 5.74) is -4.66. The molecule has 4 aliphatic carbocycles. The average molecular weight is 659 g/mol. The van der Waals surface area contributed by atoms with Gasteiger partial charge < -0.3 is 38.3 Å². The number of aliphatic hydroxyl groups is 2. The Balaban J connectivity index is 1.40. The molecule has 7 rings (SSSR count). The summed E-state index contributed by atoms with van der Waals surface area (Å²) in [4.78, 5) is 53.4. The highest BCUT2D eigenvalue weighted by Crippen LogP contribution is 2.82. The van der Waals surface area contributed by atoms with Crippen molar-refractivity contribution in [2.45, 2.75) is 122 Å². The number of esters is 3. The third-order valence-electron chi connectivity index (χ3n) is 13.7. The summed E-state index contributed by atoms with van der Waals surface area (Å²) in [5, 5.41) is 25.0. The normalized spacial score (nSPS) is 49.8. The largest absolute Gasteiger partial charge is 0.472 e. The van der Waals surface area contributed by atoms with Crippen LogP contribution in [-0.4, -0.2) is 82.9 Å². The zero-order valence-electron chi connectivity index (χ0n) is 28.0. The average Bonchev–Trinajstić information content (AvgIpc) is 3.37. The molecular formula is C35H46O12. The van der Waals surface area contributed by atoms with E-state index < -0.39 is 93.6 Å². The van der Waals surface area contributed by atoms with Crippen molar-refractivity contribution >= 4 is 23.7 Å². The van der Waals surface area contributed by atoms with Crippen molar-refractivity contribution in [2.24, 2.45) is 39.4 Å². The third-order valence-corrected chi connectivity index (χ3v) is 13.7. The van der Waals surface area contributed by atoms with Gasteiger partial charge in [-0.15, -0.1) is 0 Å². The lowest BCUT2D eigenvalue weighted by Gasteiger charge is -2.73. The molecule has 6 aliphatic rings. The molecule has 258 valence electrons. The van der Waals surface area contributed by atoms with E-state index in [9.17, 15) is 29.4 Å². The van der Waals surface area contributed by atoms with E-state index in [0.29, 0.717) is 12.8 Å². The fraction of sp³-hybridized carbons (Fsp3) is 0.771. The van der Waals surface area contributed by atoms with Crippen molar-refractivity contribution in [2.75, 3.05) is 6.61 Å². The molecule has 1 unspecified atom stereocenters. The Morgan fingerprint density at radius 2 is 1.77 bits per heavy atom. The quantitative estimate of drug-likeness (QED) is 0.260. The van der Waals surface area contributed by atoms with Crippen LogP contribution in [0.3, 0.4) is 0 Å². The zero-order valence-corrected chi connectivity index (χ0v) is 28.0. The van der Waals surface area contributed by atoms with Gasteiger partial charge in [0.15, 0.2) is 12.2 Å². The van der Waals surface area contributed by atoms with E-state index >= 15 is 0 Å². The number of ketones is 1. The summed E-state index contributed by atoms with van der Waals surface area (Å²) in [5.74, 6) is -4.40. The highest BCUT2D eigenvalue weighted by atomic mass is 16.7. The van der Waals surface area contributed by atoms with Crippen molar-refractivity contribution in [3.63, 3.8) is 0 Å². The summed E-state index contributed by atoms with van der Waals surface area (Å²) in [6.07, 6.45) is -2.27. The molecule has 0 radical (unpaired) electrons. The Hall–Kier alpha value is -2.80. The number of epoxide rings is 1. The molecule has 1 aromatic rings. The van der Waals surface area contributed by atoms with Crippen LogP contribution >= 0.6 is 0 Å². The molecule has 12 nitrogen and oxygen atoms in total. The monoisotopic (exact) mass is 658 g/mol. The van der Waals surface area contributed by atoms with Crippen molar-refractivity contribution in [1.29, 1.82) is 0 Å². The van der Waals surface area contributed by atoms with Crippen molar-refractivity contribution < 1.29 is 57.5 Å². The first-order valence-corrected chi connectivity index (χ1v) is 16.8. The van der Waals surface area contributed by atoms with Crippen molar-refractivity contribution in [1.82, 2.24) is 0 Å². The van der Waals surface area contributed by atoms with Gasteiger partial charge in [0.2, 0.25) is 6.29 Å². The summed E-state index contributed by atoms with van der Waals surface area (Å²) < 4.78 is 36.1. The number of furan rings is 1. The zero-order chi connectivity index (χ0) is 34.1. The van der Waals surface area contributed by atoms with E-state index in [2.05, 4.69) is 6.92 Å². The number of Topliss-reactive ketones (excluding diaryl/α,β-unsaturated/α-hetero) is 1. The maximum Gasteiger partial charge on any atom is 0.310 e. The van der Waals surface area contributed by atoms with Gasteiger partial charge in [0.25, 0.3) is 0 Å². The molecule has 6 fully saturated rings. The third kappa shape index (κ3) is 3.84. The Labute approximate surface area is 273 Å². The van der Waals surface area contributed by atoms with Gasteiger partial charge >= 0.3 is 17.9 Å². The summed E-state index contributed by atoms with van der Waals surface area (Å²) in [6.45, 7) is 11.4. The van der Waals surface area contributed by atoms with Gasteiger partial charge in [0.05, 0.1) is 42.7 Å². The number of fused-ring (bicyclic) bond motifs is 1. The second kappa shape index (κ2) is 10.4. The van der Waals surface area contributed by atoms with E-state index in [4.69, 9.17) is 28.1 Å².